The molecule has 4 heteroatoms. The van der Waals surface area contributed by atoms with Crippen LogP contribution < -0.4 is 11.1 Å². The molecule has 0 bridgehead atoms. The third-order valence-corrected chi connectivity index (χ3v) is 3.61. The van der Waals surface area contributed by atoms with E-state index in [-0.39, 0.29) is 5.91 Å². The van der Waals surface area contributed by atoms with Crippen LogP contribution in [0.15, 0.2) is 53.0 Å². The van der Waals surface area contributed by atoms with Gasteiger partial charge in [-0.15, -0.1) is 0 Å². The van der Waals surface area contributed by atoms with Crippen LogP contribution in [0.1, 0.15) is 17.5 Å². The van der Waals surface area contributed by atoms with Crippen LogP contribution in [0.25, 0.3) is 0 Å². The number of carbonyl (C=O) groups is 1. The van der Waals surface area contributed by atoms with Crippen molar-refractivity contribution in [2.24, 2.45) is 0 Å². The smallest absolute Gasteiger partial charge is 0.220 e. The molecule has 0 aliphatic carbocycles. The summed E-state index contributed by atoms with van der Waals surface area (Å²) in [5.41, 5.74) is 8.70. The van der Waals surface area contributed by atoms with Crippen LogP contribution >= 0.6 is 15.9 Å². The Morgan fingerprint density at radius 2 is 1.80 bits per heavy atom. The Balaban J connectivity index is 1.78. The van der Waals surface area contributed by atoms with Gasteiger partial charge in [0.25, 0.3) is 0 Å². The van der Waals surface area contributed by atoms with Crippen molar-refractivity contribution >= 4 is 27.5 Å². The van der Waals surface area contributed by atoms with Crippen LogP contribution in [-0.4, -0.2) is 5.91 Å². The quantitative estimate of drug-likeness (QED) is 0.825. The van der Waals surface area contributed by atoms with Gasteiger partial charge in [-0.3, -0.25) is 4.79 Å². The molecule has 0 aromatic heterocycles. The number of aryl methyl sites for hydroxylation is 1. The molecular formula is C16H17BrN2O. The topological polar surface area (TPSA) is 55.1 Å². The number of nitrogens with two attached hydrogens (primary N) is 1. The second-order valence-electron chi connectivity index (χ2n) is 4.60. The number of benzene rings is 2. The van der Waals surface area contributed by atoms with Gasteiger partial charge in [-0.2, -0.15) is 0 Å². The van der Waals surface area contributed by atoms with Crippen molar-refractivity contribution in [1.82, 2.24) is 5.32 Å². The second-order valence-corrected chi connectivity index (χ2v) is 5.52. The van der Waals surface area contributed by atoms with E-state index in [4.69, 9.17) is 5.73 Å². The Morgan fingerprint density at radius 3 is 2.50 bits per heavy atom. The minimum Gasteiger partial charge on any atom is -0.399 e. The van der Waals surface area contributed by atoms with Gasteiger partial charge in [-0.1, -0.05) is 46.3 Å². The van der Waals surface area contributed by atoms with Gasteiger partial charge in [0.05, 0.1) is 0 Å². The first-order chi connectivity index (χ1) is 9.65. The number of anilines is 1. The van der Waals surface area contributed by atoms with E-state index < -0.39 is 0 Å². The number of nitrogen functional groups attached to an aromatic ring is 1. The molecule has 0 radical (unpaired) electrons. The molecule has 2 aromatic rings. The first-order valence-corrected chi connectivity index (χ1v) is 7.29. The highest BCUT2D eigenvalue weighted by Gasteiger charge is 2.04. The molecule has 0 aliphatic rings. The molecule has 3 nitrogen and oxygen atoms in total. The Labute approximate surface area is 127 Å². The molecule has 1 amide bonds. The lowest BCUT2D eigenvalue weighted by atomic mass is 10.1. The molecule has 0 fully saturated rings. The van der Waals surface area contributed by atoms with E-state index in [1.807, 2.05) is 48.5 Å². The van der Waals surface area contributed by atoms with Gasteiger partial charge >= 0.3 is 0 Å². The Kier molecular flexibility index (Phi) is 5.18. The highest BCUT2D eigenvalue weighted by Crippen LogP contribution is 2.13. The maximum Gasteiger partial charge on any atom is 0.220 e. The summed E-state index contributed by atoms with van der Waals surface area (Å²) in [5.74, 6) is 0.0381. The lowest BCUT2D eigenvalue weighted by molar-refractivity contribution is -0.121. The van der Waals surface area contributed by atoms with E-state index in [0.29, 0.717) is 19.4 Å². The molecule has 0 saturated carbocycles. The minimum atomic E-state index is 0.0381. The fourth-order valence-corrected chi connectivity index (χ4v) is 2.17. The molecule has 2 aromatic carbocycles. The standard InChI is InChI=1S/C16H17BrN2O/c17-14-8-5-12(6-9-14)11-19-16(20)10-7-13-3-1-2-4-15(13)18/h1-6,8-9H,7,10-11,18H2,(H,19,20). The predicted octanol–water partition coefficient (Wildman–Crippen LogP) is 3.28. The normalized spacial score (nSPS) is 10.2. The molecule has 0 spiro atoms. The Hall–Kier alpha value is -1.81. The van der Waals surface area contributed by atoms with Gasteiger partial charge in [0.2, 0.25) is 5.91 Å². The molecular weight excluding hydrogens is 316 g/mol. The average molecular weight is 333 g/mol. The van der Waals surface area contributed by atoms with Crippen LogP contribution in [0.4, 0.5) is 5.69 Å². The van der Waals surface area contributed by atoms with Gasteiger partial charge in [0, 0.05) is 23.1 Å². The van der Waals surface area contributed by atoms with Crippen LogP contribution in [0.5, 0.6) is 0 Å². The maximum absolute atomic E-state index is 11.8. The summed E-state index contributed by atoms with van der Waals surface area (Å²) in [5, 5.41) is 2.91. The Morgan fingerprint density at radius 1 is 1.10 bits per heavy atom. The lowest BCUT2D eigenvalue weighted by Gasteiger charge is -2.07. The van der Waals surface area contributed by atoms with Crippen molar-refractivity contribution < 1.29 is 4.79 Å². The number of para-hydroxylation sites is 1. The van der Waals surface area contributed by atoms with Gasteiger partial charge in [-0.05, 0) is 35.7 Å². The van der Waals surface area contributed by atoms with Gasteiger partial charge in [0.15, 0.2) is 0 Å². The van der Waals surface area contributed by atoms with Crippen LogP contribution in [0.3, 0.4) is 0 Å². The van der Waals surface area contributed by atoms with Crippen LogP contribution in [0.2, 0.25) is 0 Å². The van der Waals surface area contributed by atoms with Crippen molar-refractivity contribution in [1.29, 1.82) is 0 Å². The molecule has 0 heterocycles. The number of carbonyl (C=O) groups excluding carboxylic acids is 1. The third-order valence-electron chi connectivity index (χ3n) is 3.08. The van der Waals surface area contributed by atoms with E-state index >= 15 is 0 Å². The molecule has 20 heavy (non-hydrogen) atoms. The molecule has 2 rings (SSSR count). The van der Waals surface area contributed by atoms with E-state index in [1.54, 1.807) is 0 Å². The van der Waals surface area contributed by atoms with E-state index in [2.05, 4.69) is 21.2 Å². The number of hydrogen-bond acceptors (Lipinski definition) is 2. The molecule has 0 atom stereocenters. The lowest BCUT2D eigenvalue weighted by Crippen LogP contribution is -2.23. The Bertz CT molecular complexity index is 581. The maximum atomic E-state index is 11.8. The molecule has 0 aliphatic heterocycles. The SMILES string of the molecule is Nc1ccccc1CCC(=O)NCc1ccc(Br)cc1. The summed E-state index contributed by atoms with van der Waals surface area (Å²) >= 11 is 3.38. The summed E-state index contributed by atoms with van der Waals surface area (Å²) in [6.07, 6.45) is 1.11. The monoisotopic (exact) mass is 332 g/mol. The van der Waals surface area contributed by atoms with Crippen molar-refractivity contribution in [3.63, 3.8) is 0 Å². The van der Waals surface area contributed by atoms with E-state index in [0.717, 1.165) is 21.3 Å². The first kappa shape index (κ1) is 14.6. The van der Waals surface area contributed by atoms with Crippen molar-refractivity contribution in [2.45, 2.75) is 19.4 Å². The van der Waals surface area contributed by atoms with Gasteiger partial charge in [-0.25, -0.2) is 0 Å². The highest BCUT2D eigenvalue weighted by molar-refractivity contribution is 9.10. The highest BCUT2D eigenvalue weighted by atomic mass is 79.9. The van der Waals surface area contributed by atoms with Crippen molar-refractivity contribution in [3.8, 4) is 0 Å². The third kappa shape index (κ3) is 4.38. The number of amides is 1. The molecule has 3 N–H and O–H groups in total. The number of halogens is 1. The van der Waals surface area contributed by atoms with E-state index in [1.165, 1.54) is 0 Å². The molecule has 0 saturated heterocycles. The summed E-state index contributed by atoms with van der Waals surface area (Å²) in [6, 6.07) is 15.5. The summed E-state index contributed by atoms with van der Waals surface area (Å²) in [4.78, 5) is 11.8. The number of hydrogen-bond donors (Lipinski definition) is 2. The first-order valence-electron chi connectivity index (χ1n) is 6.49. The van der Waals surface area contributed by atoms with Crippen LogP contribution in [-0.2, 0) is 17.8 Å². The second kappa shape index (κ2) is 7.10. The fraction of sp³-hybridized carbons (Fsp3) is 0.188. The predicted molar refractivity (Wildman–Crippen MR) is 85.2 cm³/mol. The van der Waals surface area contributed by atoms with Crippen molar-refractivity contribution in [3.05, 3.63) is 64.1 Å². The number of rotatable bonds is 5. The van der Waals surface area contributed by atoms with Crippen LogP contribution in [0, 0.1) is 0 Å². The fourth-order valence-electron chi connectivity index (χ4n) is 1.90. The zero-order valence-electron chi connectivity index (χ0n) is 11.1. The summed E-state index contributed by atoms with van der Waals surface area (Å²) in [7, 11) is 0. The van der Waals surface area contributed by atoms with Gasteiger partial charge in [0.1, 0.15) is 0 Å². The van der Waals surface area contributed by atoms with E-state index in [9.17, 15) is 4.79 Å². The average Bonchev–Trinajstić information content (AvgIpc) is 2.46. The molecule has 0 unspecified atom stereocenters. The number of nitrogens with one attached hydrogen (secondary N) is 1. The zero-order chi connectivity index (χ0) is 14.4. The minimum absolute atomic E-state index is 0.0381. The summed E-state index contributed by atoms with van der Waals surface area (Å²) < 4.78 is 1.03. The van der Waals surface area contributed by atoms with Crippen molar-refractivity contribution in [2.75, 3.05) is 5.73 Å². The largest absolute Gasteiger partial charge is 0.399 e. The molecule has 104 valence electrons. The van der Waals surface area contributed by atoms with Gasteiger partial charge < -0.3 is 11.1 Å². The zero-order valence-corrected chi connectivity index (χ0v) is 12.7. The summed E-state index contributed by atoms with van der Waals surface area (Å²) in [6.45, 7) is 0.552.